The lowest BCUT2D eigenvalue weighted by atomic mass is 10.1. The van der Waals surface area contributed by atoms with Gasteiger partial charge in [0.2, 0.25) is 0 Å². The number of nitrogens with zero attached hydrogens (tertiary/aromatic N) is 2. The van der Waals surface area contributed by atoms with Crippen molar-refractivity contribution >= 4 is 11.0 Å². The Labute approximate surface area is 138 Å². The summed E-state index contributed by atoms with van der Waals surface area (Å²) in [4.78, 5) is 4.51. The topological polar surface area (TPSA) is 58.3 Å². The predicted octanol–water partition coefficient (Wildman–Crippen LogP) is 2.97. The second kappa shape index (κ2) is 7.07. The predicted molar refractivity (Wildman–Crippen MR) is 86.5 cm³/mol. The molecule has 0 aliphatic heterocycles. The average Bonchev–Trinajstić information content (AvgIpc) is 2.93. The maximum absolute atomic E-state index is 13.9. The van der Waals surface area contributed by atoms with E-state index in [4.69, 9.17) is 5.11 Å². The van der Waals surface area contributed by atoms with E-state index in [0.717, 1.165) is 29.2 Å². The summed E-state index contributed by atoms with van der Waals surface area (Å²) in [5, 5.41) is 19.4. The number of hydrogen-bond donors (Lipinski definition) is 2. The third kappa shape index (κ3) is 3.29. The lowest BCUT2D eigenvalue weighted by Crippen LogP contribution is -2.13. The van der Waals surface area contributed by atoms with Crippen LogP contribution in [-0.4, -0.2) is 26.4 Å². The minimum absolute atomic E-state index is 0.0320. The smallest absolute Gasteiger partial charge is 0.129 e. The van der Waals surface area contributed by atoms with Crippen LogP contribution in [0.2, 0.25) is 0 Å². The number of para-hydroxylation sites is 2. The van der Waals surface area contributed by atoms with E-state index in [2.05, 4.69) is 4.98 Å². The molecule has 2 N–H and O–H groups in total. The van der Waals surface area contributed by atoms with Crippen LogP contribution in [0.4, 0.5) is 8.78 Å². The molecule has 6 heteroatoms. The molecule has 126 valence electrons. The molecule has 0 aliphatic rings. The van der Waals surface area contributed by atoms with E-state index in [0.29, 0.717) is 18.7 Å². The molecule has 0 fully saturated rings. The largest absolute Gasteiger partial charge is 0.396 e. The maximum Gasteiger partial charge on any atom is 0.129 e. The summed E-state index contributed by atoms with van der Waals surface area (Å²) < 4.78 is 29.0. The number of halogens is 2. The molecular formula is C18H18F2N2O2. The van der Waals surface area contributed by atoms with E-state index in [1.165, 1.54) is 0 Å². The Morgan fingerprint density at radius 2 is 1.92 bits per heavy atom. The third-order valence-corrected chi connectivity index (χ3v) is 3.96. The summed E-state index contributed by atoms with van der Waals surface area (Å²) in [6.45, 7) is 0.0892. The van der Waals surface area contributed by atoms with Crippen LogP contribution < -0.4 is 0 Å². The molecule has 0 radical (unpaired) electrons. The standard InChI is InChI=1S/C18H18F2N2O2/c19-12-7-8-14(20)13(10-12)17(24)11-22-16-5-2-1-4-15(16)21-18(22)6-3-9-23/h1-2,4-5,7-8,10,17,23-24H,3,6,9,11H2/t17-/m0/s1. The van der Waals surface area contributed by atoms with E-state index in [9.17, 15) is 13.9 Å². The van der Waals surface area contributed by atoms with Crippen LogP contribution in [0.1, 0.15) is 23.9 Å². The van der Waals surface area contributed by atoms with Crippen LogP contribution in [0.3, 0.4) is 0 Å². The van der Waals surface area contributed by atoms with Gasteiger partial charge >= 0.3 is 0 Å². The fraction of sp³-hybridized carbons (Fsp3) is 0.278. The first-order valence-electron chi connectivity index (χ1n) is 7.78. The van der Waals surface area contributed by atoms with Gasteiger partial charge in [-0.2, -0.15) is 0 Å². The first kappa shape index (κ1) is 16.5. The van der Waals surface area contributed by atoms with Crippen LogP contribution in [0.5, 0.6) is 0 Å². The number of hydrogen-bond acceptors (Lipinski definition) is 3. The second-order valence-electron chi connectivity index (χ2n) is 5.64. The van der Waals surface area contributed by atoms with E-state index < -0.39 is 17.7 Å². The van der Waals surface area contributed by atoms with Crippen LogP contribution in [0.25, 0.3) is 11.0 Å². The zero-order valence-corrected chi connectivity index (χ0v) is 13.0. The molecule has 0 aliphatic carbocycles. The molecule has 0 spiro atoms. The minimum Gasteiger partial charge on any atom is -0.396 e. The molecule has 0 unspecified atom stereocenters. The third-order valence-electron chi connectivity index (χ3n) is 3.96. The molecule has 1 atom stereocenters. The van der Waals surface area contributed by atoms with Crippen molar-refractivity contribution in [3.05, 3.63) is 65.5 Å². The van der Waals surface area contributed by atoms with Gasteiger partial charge in [0.05, 0.1) is 23.7 Å². The number of benzene rings is 2. The van der Waals surface area contributed by atoms with Gasteiger partial charge in [0.1, 0.15) is 17.5 Å². The van der Waals surface area contributed by atoms with Gasteiger partial charge in [0.25, 0.3) is 0 Å². The Hall–Kier alpha value is -2.31. The zero-order valence-electron chi connectivity index (χ0n) is 13.0. The number of imidazole rings is 1. The highest BCUT2D eigenvalue weighted by molar-refractivity contribution is 5.75. The van der Waals surface area contributed by atoms with Gasteiger partial charge in [0, 0.05) is 18.6 Å². The highest BCUT2D eigenvalue weighted by Crippen LogP contribution is 2.24. The zero-order chi connectivity index (χ0) is 17.1. The number of fused-ring (bicyclic) bond motifs is 1. The maximum atomic E-state index is 13.9. The molecule has 0 bridgehead atoms. The van der Waals surface area contributed by atoms with Crippen molar-refractivity contribution in [3.63, 3.8) is 0 Å². The van der Waals surface area contributed by atoms with Crippen LogP contribution in [0.15, 0.2) is 42.5 Å². The molecule has 24 heavy (non-hydrogen) atoms. The molecule has 0 saturated heterocycles. The molecule has 0 saturated carbocycles. The van der Waals surface area contributed by atoms with Gasteiger partial charge in [0.15, 0.2) is 0 Å². The molecule has 2 aromatic carbocycles. The van der Waals surface area contributed by atoms with Crippen molar-refractivity contribution < 1.29 is 19.0 Å². The highest BCUT2D eigenvalue weighted by Gasteiger charge is 2.18. The summed E-state index contributed by atoms with van der Waals surface area (Å²) >= 11 is 0. The summed E-state index contributed by atoms with van der Waals surface area (Å²) in [5.74, 6) is -0.548. The van der Waals surface area contributed by atoms with Gasteiger partial charge in [-0.3, -0.25) is 0 Å². The van der Waals surface area contributed by atoms with Gasteiger partial charge in [-0.15, -0.1) is 0 Å². The Balaban J connectivity index is 1.97. The molecule has 0 amide bonds. The van der Waals surface area contributed by atoms with Crippen LogP contribution >= 0.6 is 0 Å². The normalized spacial score (nSPS) is 12.7. The van der Waals surface area contributed by atoms with E-state index >= 15 is 0 Å². The number of aromatic nitrogens is 2. The summed E-state index contributed by atoms with van der Waals surface area (Å²) in [5.41, 5.74) is 1.49. The minimum atomic E-state index is -1.20. The number of aryl methyl sites for hydroxylation is 1. The lowest BCUT2D eigenvalue weighted by molar-refractivity contribution is 0.151. The Morgan fingerprint density at radius 1 is 1.12 bits per heavy atom. The van der Waals surface area contributed by atoms with E-state index in [1.807, 2.05) is 24.3 Å². The average molecular weight is 332 g/mol. The Bertz CT molecular complexity index is 848. The SMILES string of the molecule is OCCCc1nc2ccccc2n1C[C@H](O)c1cc(F)ccc1F. The van der Waals surface area contributed by atoms with Crippen LogP contribution in [-0.2, 0) is 13.0 Å². The van der Waals surface area contributed by atoms with Crippen molar-refractivity contribution in [1.29, 1.82) is 0 Å². The van der Waals surface area contributed by atoms with Gasteiger partial charge in [-0.1, -0.05) is 12.1 Å². The van der Waals surface area contributed by atoms with Gasteiger partial charge < -0.3 is 14.8 Å². The summed E-state index contributed by atoms with van der Waals surface area (Å²) in [6.07, 6.45) is -0.136. The molecule has 4 nitrogen and oxygen atoms in total. The second-order valence-corrected chi connectivity index (χ2v) is 5.64. The number of aliphatic hydroxyl groups excluding tert-OH is 2. The number of rotatable bonds is 6. The van der Waals surface area contributed by atoms with Crippen molar-refractivity contribution in [2.45, 2.75) is 25.5 Å². The van der Waals surface area contributed by atoms with Gasteiger partial charge in [-0.05, 0) is 36.8 Å². The van der Waals surface area contributed by atoms with Gasteiger partial charge in [-0.25, -0.2) is 13.8 Å². The van der Waals surface area contributed by atoms with Crippen molar-refractivity contribution in [2.24, 2.45) is 0 Å². The van der Waals surface area contributed by atoms with E-state index in [-0.39, 0.29) is 18.7 Å². The fourth-order valence-corrected chi connectivity index (χ4v) is 2.80. The monoisotopic (exact) mass is 332 g/mol. The van der Waals surface area contributed by atoms with Crippen molar-refractivity contribution in [1.82, 2.24) is 9.55 Å². The quantitative estimate of drug-likeness (QED) is 0.730. The first-order valence-corrected chi connectivity index (χ1v) is 7.78. The molecule has 1 heterocycles. The lowest BCUT2D eigenvalue weighted by Gasteiger charge is -2.16. The van der Waals surface area contributed by atoms with Crippen LogP contribution in [0, 0.1) is 11.6 Å². The van der Waals surface area contributed by atoms with Crippen molar-refractivity contribution in [2.75, 3.05) is 6.61 Å². The highest BCUT2D eigenvalue weighted by atomic mass is 19.1. The van der Waals surface area contributed by atoms with Crippen molar-refractivity contribution in [3.8, 4) is 0 Å². The molecular weight excluding hydrogens is 314 g/mol. The fourth-order valence-electron chi connectivity index (χ4n) is 2.80. The summed E-state index contributed by atoms with van der Waals surface area (Å²) in [6, 6.07) is 10.5. The molecule has 1 aromatic heterocycles. The van der Waals surface area contributed by atoms with E-state index in [1.54, 1.807) is 4.57 Å². The summed E-state index contributed by atoms with van der Waals surface area (Å²) in [7, 11) is 0. The molecule has 3 rings (SSSR count). The number of aliphatic hydroxyl groups is 2. The Morgan fingerprint density at radius 3 is 2.71 bits per heavy atom. The first-order chi connectivity index (χ1) is 11.6. The Kier molecular flexibility index (Phi) is 4.87. The molecule has 3 aromatic rings.